The minimum atomic E-state index is -4.80. The quantitative estimate of drug-likeness (QED) is 0.118. The normalized spacial score (nSPS) is 16.1. The second-order valence-electron chi connectivity index (χ2n) is 9.56. The Kier molecular flexibility index (Phi) is 10.0. The molecule has 2 unspecified atom stereocenters. The molecule has 0 aliphatic heterocycles. The summed E-state index contributed by atoms with van der Waals surface area (Å²) in [4.78, 5) is 0. The van der Waals surface area contributed by atoms with Crippen LogP contribution in [0.5, 0.6) is 0 Å². The molecule has 0 spiro atoms. The monoisotopic (exact) mass is 670 g/mol. The average molecular weight is 672 g/mol. The molecule has 0 fully saturated rings. The summed E-state index contributed by atoms with van der Waals surface area (Å²) in [5, 5.41) is 0. The van der Waals surface area contributed by atoms with E-state index in [1.54, 1.807) is 0 Å². The van der Waals surface area contributed by atoms with E-state index in [0.29, 0.717) is 0 Å². The van der Waals surface area contributed by atoms with Gasteiger partial charge < -0.3 is 0 Å². The molecule has 4 aromatic carbocycles. The zero-order valence-electron chi connectivity index (χ0n) is 22.6. The number of benzene rings is 4. The molecular weight excluding hydrogens is 633 g/mol. The van der Waals surface area contributed by atoms with E-state index >= 15 is 0 Å². The third-order valence-electron chi connectivity index (χ3n) is 7.03. The molecule has 0 N–H and O–H groups in total. The van der Waals surface area contributed by atoms with Crippen molar-refractivity contribution in [3.63, 3.8) is 0 Å². The van der Waals surface area contributed by atoms with Crippen LogP contribution in [0.15, 0.2) is 121 Å². The fraction of sp³-hybridized carbons (Fsp3) is 0.250. The Bertz CT molecular complexity index is 1150. The van der Waals surface area contributed by atoms with E-state index in [2.05, 4.69) is 149 Å². The first-order valence-corrected chi connectivity index (χ1v) is 25.6. The third kappa shape index (κ3) is 5.60. The van der Waals surface area contributed by atoms with Gasteiger partial charge >= 0.3 is 239 Å². The summed E-state index contributed by atoms with van der Waals surface area (Å²) in [7, 11) is 1.87. The van der Waals surface area contributed by atoms with Crippen LogP contribution in [-0.2, 0) is 20.9 Å². The zero-order chi connectivity index (χ0) is 27.1. The van der Waals surface area contributed by atoms with Crippen LogP contribution in [0.3, 0.4) is 0 Å². The molecule has 2 nitrogen and oxygen atoms in total. The number of rotatable bonds is 12. The first-order chi connectivity index (χ1) is 18.4. The molecule has 0 aromatic heterocycles. The number of hydrogen-bond acceptors (Lipinski definition) is 4. The van der Waals surface area contributed by atoms with Crippen molar-refractivity contribution in [3.05, 3.63) is 121 Å². The van der Waals surface area contributed by atoms with Crippen LogP contribution in [0, 0.1) is 0 Å². The van der Waals surface area contributed by atoms with Gasteiger partial charge in [0.1, 0.15) is 0 Å². The Balaban J connectivity index is 2.22. The van der Waals surface area contributed by atoms with Crippen LogP contribution in [-0.4, -0.2) is 28.2 Å². The van der Waals surface area contributed by atoms with Gasteiger partial charge in [0.15, 0.2) is 0 Å². The molecule has 0 aliphatic rings. The summed E-state index contributed by atoms with van der Waals surface area (Å²) >= 11 is 1.78. The van der Waals surface area contributed by atoms with Gasteiger partial charge in [-0.1, -0.05) is 0 Å². The molecule has 4 aromatic rings. The number of hydrogen-bond donors (Lipinski definition) is 0. The van der Waals surface area contributed by atoms with Gasteiger partial charge in [-0.3, -0.25) is 0 Å². The van der Waals surface area contributed by atoms with Crippen molar-refractivity contribution in [1.82, 2.24) is 0 Å². The second-order valence-corrected chi connectivity index (χ2v) is 36.0. The minimum absolute atomic E-state index is 0.00455. The van der Waals surface area contributed by atoms with Gasteiger partial charge in [0, 0.05) is 0 Å². The maximum absolute atomic E-state index is 6.84. The van der Waals surface area contributed by atoms with Crippen LogP contribution in [0.4, 0.5) is 0 Å². The van der Waals surface area contributed by atoms with E-state index in [-0.39, 0.29) is 12.2 Å². The standard InChI is InChI=1S/C8H19O2PS2.4C6H5.Sb/c1-5-7(3)9-11(12,13)10-8(4)6-2;4*1-2-4-6-5-3-1;/h7-8H,5-6H2,1-4H3,(H,12,13);4*1-5H;/q;;;;;+1/p-1. The summed E-state index contributed by atoms with van der Waals surface area (Å²) in [6.07, 6.45) is 1.74. The van der Waals surface area contributed by atoms with E-state index in [9.17, 15) is 0 Å². The van der Waals surface area contributed by atoms with Crippen molar-refractivity contribution in [1.29, 1.82) is 0 Å². The fourth-order valence-corrected chi connectivity index (χ4v) is 58.0. The average Bonchev–Trinajstić information content (AvgIpc) is 2.97. The van der Waals surface area contributed by atoms with Gasteiger partial charge in [-0.05, 0) is 0 Å². The van der Waals surface area contributed by atoms with Crippen molar-refractivity contribution < 1.29 is 9.05 Å². The van der Waals surface area contributed by atoms with Crippen molar-refractivity contribution in [2.75, 3.05) is 0 Å². The fourth-order valence-electron chi connectivity index (χ4n) is 4.79. The molecule has 200 valence electrons. The van der Waals surface area contributed by atoms with Gasteiger partial charge in [0.05, 0.1) is 0 Å². The summed E-state index contributed by atoms with van der Waals surface area (Å²) < 4.78 is 18.9. The molecule has 0 heterocycles. The molecule has 38 heavy (non-hydrogen) atoms. The third-order valence-corrected chi connectivity index (χ3v) is 49.3. The molecule has 0 saturated heterocycles. The molecule has 0 radical (unpaired) electrons. The predicted molar refractivity (Wildman–Crippen MR) is 174 cm³/mol. The topological polar surface area (TPSA) is 18.5 Å². The predicted octanol–water partition coefficient (Wildman–Crippen LogP) is 7.10. The first kappa shape index (κ1) is 29.6. The Hall–Kier alpha value is -1.38. The summed E-state index contributed by atoms with van der Waals surface area (Å²) in [6.45, 7) is 8.51. The Labute approximate surface area is 237 Å². The molecule has 0 aliphatic carbocycles. The molecule has 4 rings (SSSR count). The van der Waals surface area contributed by atoms with Crippen molar-refractivity contribution in [3.8, 4) is 0 Å². The van der Waals surface area contributed by atoms with Gasteiger partial charge in [-0.25, -0.2) is 0 Å². The van der Waals surface area contributed by atoms with E-state index in [1.807, 2.05) is 8.47 Å². The molecular formula is C32H38O2PS2Sb. The van der Waals surface area contributed by atoms with Crippen LogP contribution in [0.1, 0.15) is 40.5 Å². The van der Waals surface area contributed by atoms with Gasteiger partial charge in [-0.2, -0.15) is 0 Å². The Morgan fingerprint density at radius 2 is 0.842 bits per heavy atom. The Morgan fingerprint density at radius 1 is 0.579 bits per heavy atom. The van der Waals surface area contributed by atoms with Crippen LogP contribution >= 0.6 is 14.2 Å². The summed E-state index contributed by atoms with van der Waals surface area (Å²) in [5.41, 5.74) is -2.87. The molecule has 0 bridgehead atoms. The SMILES string of the molecule is CCC(C)OP(=S)(OC(C)CC)[S][Sb]([c]1ccccc1)([c]1ccccc1)([c]1ccccc1)[c]1ccccc1. The first-order valence-electron chi connectivity index (χ1n) is 13.3. The maximum atomic E-state index is 6.84. The van der Waals surface area contributed by atoms with Crippen LogP contribution in [0.25, 0.3) is 0 Å². The van der Waals surface area contributed by atoms with Crippen molar-refractivity contribution in [2.24, 2.45) is 0 Å². The van der Waals surface area contributed by atoms with E-state index in [0.717, 1.165) is 12.8 Å². The second kappa shape index (κ2) is 12.9. The molecule has 6 heteroatoms. The van der Waals surface area contributed by atoms with E-state index in [1.165, 1.54) is 14.0 Å². The van der Waals surface area contributed by atoms with Crippen LogP contribution in [0.2, 0.25) is 0 Å². The van der Waals surface area contributed by atoms with Crippen molar-refractivity contribution in [2.45, 2.75) is 52.7 Å². The van der Waals surface area contributed by atoms with E-state index in [4.69, 9.17) is 20.9 Å². The van der Waals surface area contributed by atoms with Crippen LogP contribution < -0.4 is 14.0 Å². The Morgan fingerprint density at radius 3 is 1.08 bits per heavy atom. The summed E-state index contributed by atoms with van der Waals surface area (Å²) in [6, 6.07) is 44.0. The van der Waals surface area contributed by atoms with Crippen molar-refractivity contribution >= 4 is 56.0 Å². The van der Waals surface area contributed by atoms with E-state index < -0.39 is 21.7 Å². The molecule has 0 saturated carbocycles. The van der Waals surface area contributed by atoms with Gasteiger partial charge in [0.2, 0.25) is 0 Å². The van der Waals surface area contributed by atoms with Gasteiger partial charge in [-0.15, -0.1) is 0 Å². The molecule has 2 atom stereocenters. The summed E-state index contributed by atoms with van der Waals surface area (Å²) in [5.74, 6) is 0. The zero-order valence-corrected chi connectivity index (χ0v) is 27.7. The van der Waals surface area contributed by atoms with Gasteiger partial charge in [0.25, 0.3) is 0 Å². The molecule has 0 amide bonds.